The number of nitrogens with two attached hydrogens (primary N) is 1. The molecule has 1 atom stereocenters. The van der Waals surface area contributed by atoms with Crippen molar-refractivity contribution in [2.24, 2.45) is 5.73 Å². The van der Waals surface area contributed by atoms with E-state index in [2.05, 4.69) is 16.8 Å². The number of carboxylic acid groups (broad SMARTS) is 1. The van der Waals surface area contributed by atoms with Crippen LogP contribution in [0.15, 0.2) is 0 Å². The zero-order chi connectivity index (χ0) is 10.6. The van der Waals surface area contributed by atoms with E-state index in [9.17, 15) is 4.79 Å². The molecule has 5 heteroatoms. The summed E-state index contributed by atoms with van der Waals surface area (Å²) in [5.41, 5.74) is 11.2. The second-order valence-electron chi connectivity index (χ2n) is 3.52. The lowest BCUT2D eigenvalue weighted by molar-refractivity contribution is -0.138. The fraction of sp³-hybridized carbons (Fsp3) is 0.667. The van der Waals surface area contributed by atoms with Gasteiger partial charge in [-0.3, -0.25) is 4.79 Å². The Hall–Kier alpha value is -1.09. The molecule has 0 aromatic rings. The molecule has 1 heterocycles. The quantitative estimate of drug-likeness (QED) is 0.336. The van der Waals surface area contributed by atoms with Crippen molar-refractivity contribution >= 4 is 5.97 Å². The van der Waals surface area contributed by atoms with Crippen molar-refractivity contribution < 1.29 is 9.90 Å². The number of carboxylic acids is 1. The van der Waals surface area contributed by atoms with E-state index in [0.717, 1.165) is 6.42 Å². The van der Waals surface area contributed by atoms with Crippen molar-refractivity contribution in [3.05, 3.63) is 0 Å². The first-order chi connectivity index (χ1) is 6.59. The van der Waals surface area contributed by atoms with Crippen LogP contribution < -0.4 is 16.6 Å². The Morgan fingerprint density at radius 3 is 2.64 bits per heavy atom. The first-order valence-corrected chi connectivity index (χ1v) is 4.56. The number of terminal acetylenes is 1. The highest BCUT2D eigenvalue weighted by Crippen LogP contribution is 2.23. The number of nitrogens with one attached hydrogen (secondary N) is 2. The summed E-state index contributed by atoms with van der Waals surface area (Å²) in [6, 6.07) is -0.790. The molecular weight excluding hydrogens is 182 g/mol. The minimum absolute atomic E-state index is 0.167. The predicted octanol–water partition coefficient (Wildman–Crippen LogP) is -0.604. The van der Waals surface area contributed by atoms with E-state index >= 15 is 0 Å². The van der Waals surface area contributed by atoms with E-state index in [0.29, 0.717) is 19.3 Å². The molecule has 14 heavy (non-hydrogen) atoms. The molecular formula is C9H15N3O2. The lowest BCUT2D eigenvalue weighted by Crippen LogP contribution is -2.32. The molecule has 1 saturated heterocycles. The minimum atomic E-state index is -0.960. The van der Waals surface area contributed by atoms with Crippen molar-refractivity contribution in [2.75, 3.05) is 0 Å². The summed E-state index contributed by atoms with van der Waals surface area (Å²) in [6.45, 7) is 0. The SMILES string of the molecule is C#CCCC1(CC[C@H](N)C(=O)O)NN1. The molecule has 1 rings (SSSR count). The van der Waals surface area contributed by atoms with Gasteiger partial charge in [-0.15, -0.1) is 12.3 Å². The first-order valence-electron chi connectivity index (χ1n) is 4.56. The van der Waals surface area contributed by atoms with Gasteiger partial charge in [0, 0.05) is 6.42 Å². The maximum absolute atomic E-state index is 10.5. The summed E-state index contributed by atoms with van der Waals surface area (Å²) in [6.07, 6.45) is 7.74. The van der Waals surface area contributed by atoms with Crippen molar-refractivity contribution in [3.8, 4) is 12.3 Å². The fourth-order valence-electron chi connectivity index (χ4n) is 1.27. The molecule has 1 aliphatic heterocycles. The van der Waals surface area contributed by atoms with Crippen LogP contribution in [0.1, 0.15) is 25.7 Å². The van der Waals surface area contributed by atoms with Gasteiger partial charge in [-0.1, -0.05) is 0 Å². The van der Waals surface area contributed by atoms with Crippen LogP contribution in [0.2, 0.25) is 0 Å². The zero-order valence-corrected chi connectivity index (χ0v) is 7.92. The molecule has 78 valence electrons. The summed E-state index contributed by atoms with van der Waals surface area (Å²) in [4.78, 5) is 10.5. The molecule has 5 nitrogen and oxygen atoms in total. The Labute approximate surface area is 83.0 Å². The third-order valence-electron chi connectivity index (χ3n) is 2.37. The van der Waals surface area contributed by atoms with Gasteiger partial charge in [0.15, 0.2) is 0 Å². The van der Waals surface area contributed by atoms with Gasteiger partial charge in [0.05, 0.1) is 5.66 Å². The molecule has 0 aliphatic carbocycles. The summed E-state index contributed by atoms with van der Waals surface area (Å²) >= 11 is 0. The van der Waals surface area contributed by atoms with E-state index in [4.69, 9.17) is 17.3 Å². The second-order valence-corrected chi connectivity index (χ2v) is 3.52. The third kappa shape index (κ3) is 3.00. The molecule has 0 aromatic carbocycles. The highest BCUT2D eigenvalue weighted by atomic mass is 16.4. The monoisotopic (exact) mass is 197 g/mol. The van der Waals surface area contributed by atoms with Gasteiger partial charge < -0.3 is 10.8 Å². The number of aliphatic carboxylic acids is 1. The molecule has 1 fully saturated rings. The van der Waals surface area contributed by atoms with Crippen LogP contribution >= 0.6 is 0 Å². The molecule has 0 unspecified atom stereocenters. The number of hydrazine groups is 1. The lowest BCUT2D eigenvalue weighted by atomic mass is 10.0. The normalized spacial score (nSPS) is 19.7. The van der Waals surface area contributed by atoms with Crippen LogP contribution in [0.4, 0.5) is 0 Å². The fourth-order valence-corrected chi connectivity index (χ4v) is 1.27. The highest BCUT2D eigenvalue weighted by Gasteiger charge is 2.40. The van der Waals surface area contributed by atoms with Gasteiger partial charge in [-0.25, -0.2) is 10.9 Å². The van der Waals surface area contributed by atoms with Crippen LogP contribution in [-0.4, -0.2) is 22.8 Å². The molecule has 0 amide bonds. The smallest absolute Gasteiger partial charge is 0.320 e. The zero-order valence-electron chi connectivity index (χ0n) is 7.92. The van der Waals surface area contributed by atoms with Gasteiger partial charge in [0.1, 0.15) is 6.04 Å². The average molecular weight is 197 g/mol. The van der Waals surface area contributed by atoms with Gasteiger partial charge in [0.25, 0.3) is 0 Å². The van der Waals surface area contributed by atoms with Gasteiger partial charge in [0.2, 0.25) is 0 Å². The molecule has 0 spiro atoms. The predicted molar refractivity (Wildman–Crippen MR) is 51.9 cm³/mol. The van der Waals surface area contributed by atoms with Crippen LogP contribution in [-0.2, 0) is 4.79 Å². The molecule has 5 N–H and O–H groups in total. The molecule has 0 bridgehead atoms. The average Bonchev–Trinajstić information content (AvgIpc) is 2.92. The van der Waals surface area contributed by atoms with Crippen molar-refractivity contribution in [1.82, 2.24) is 10.9 Å². The van der Waals surface area contributed by atoms with E-state index in [1.54, 1.807) is 0 Å². The maximum Gasteiger partial charge on any atom is 0.320 e. The highest BCUT2D eigenvalue weighted by molar-refractivity contribution is 5.72. The Balaban J connectivity index is 2.24. The topological polar surface area (TPSA) is 107 Å². The summed E-state index contributed by atoms with van der Waals surface area (Å²) in [7, 11) is 0. The summed E-state index contributed by atoms with van der Waals surface area (Å²) < 4.78 is 0. The Morgan fingerprint density at radius 2 is 2.21 bits per heavy atom. The third-order valence-corrected chi connectivity index (χ3v) is 2.37. The first kappa shape index (κ1) is 11.0. The summed E-state index contributed by atoms with van der Waals surface area (Å²) in [5.74, 6) is 1.59. The van der Waals surface area contributed by atoms with Gasteiger partial charge >= 0.3 is 5.97 Å². The van der Waals surface area contributed by atoms with Crippen molar-refractivity contribution in [3.63, 3.8) is 0 Å². The standard InChI is InChI=1S/C9H15N3O2/c1-2-3-5-9(11-12-9)6-4-7(10)8(13)14/h1,7,11-12H,3-6,10H2,(H,13,14)/t7-/m0/s1. The van der Waals surface area contributed by atoms with E-state index < -0.39 is 12.0 Å². The van der Waals surface area contributed by atoms with E-state index in [-0.39, 0.29) is 5.66 Å². The molecule has 1 aliphatic rings. The van der Waals surface area contributed by atoms with Gasteiger partial charge in [-0.05, 0) is 19.3 Å². The van der Waals surface area contributed by atoms with Crippen LogP contribution in [0.25, 0.3) is 0 Å². The molecule has 0 aromatic heterocycles. The largest absolute Gasteiger partial charge is 0.480 e. The van der Waals surface area contributed by atoms with Crippen LogP contribution in [0, 0.1) is 12.3 Å². The van der Waals surface area contributed by atoms with Crippen molar-refractivity contribution in [1.29, 1.82) is 0 Å². The molecule has 0 saturated carbocycles. The number of hydrogen-bond acceptors (Lipinski definition) is 4. The maximum atomic E-state index is 10.5. The Kier molecular flexibility index (Phi) is 3.47. The van der Waals surface area contributed by atoms with Crippen LogP contribution in [0.5, 0.6) is 0 Å². The molecule has 0 radical (unpaired) electrons. The second kappa shape index (κ2) is 4.42. The van der Waals surface area contributed by atoms with Crippen molar-refractivity contribution in [2.45, 2.75) is 37.4 Å². The summed E-state index contributed by atoms with van der Waals surface area (Å²) in [5, 5.41) is 8.58. The lowest BCUT2D eigenvalue weighted by Gasteiger charge is -2.11. The Bertz CT molecular complexity index is 255. The number of rotatable bonds is 6. The number of carbonyl (C=O) groups is 1. The van der Waals surface area contributed by atoms with E-state index in [1.807, 2.05) is 0 Å². The van der Waals surface area contributed by atoms with Crippen LogP contribution in [0.3, 0.4) is 0 Å². The number of hydrogen-bond donors (Lipinski definition) is 4. The van der Waals surface area contributed by atoms with E-state index in [1.165, 1.54) is 0 Å². The van der Waals surface area contributed by atoms with Gasteiger partial charge in [-0.2, -0.15) is 0 Å². The minimum Gasteiger partial charge on any atom is -0.480 e. The Morgan fingerprint density at radius 1 is 1.57 bits per heavy atom.